The molecule has 0 aliphatic carbocycles. The summed E-state index contributed by atoms with van der Waals surface area (Å²) in [5, 5.41) is 8.49. The van der Waals surface area contributed by atoms with Gasteiger partial charge in [0.05, 0.1) is 9.74 Å². The Morgan fingerprint density at radius 3 is 2.84 bits per heavy atom. The van der Waals surface area contributed by atoms with Gasteiger partial charge in [0.1, 0.15) is 5.82 Å². The molecule has 134 valence electrons. The largest absolute Gasteiger partial charge is 0.303 e. The van der Waals surface area contributed by atoms with Crippen molar-refractivity contribution >= 4 is 22.6 Å². The van der Waals surface area contributed by atoms with Crippen molar-refractivity contribution in [1.82, 2.24) is 20.0 Å². The van der Waals surface area contributed by atoms with Gasteiger partial charge in [-0.2, -0.15) is 5.10 Å². The van der Waals surface area contributed by atoms with Crippen LogP contribution in [0, 0.1) is 5.82 Å². The highest BCUT2D eigenvalue weighted by molar-refractivity contribution is 14.1. The molecule has 25 heavy (non-hydrogen) atoms. The number of rotatable bonds is 4. The second kappa shape index (κ2) is 7.32. The van der Waals surface area contributed by atoms with Crippen LogP contribution in [0.1, 0.15) is 34.6 Å². The summed E-state index contributed by atoms with van der Waals surface area (Å²) in [5.74, 6) is -0.203. The van der Waals surface area contributed by atoms with Gasteiger partial charge in [-0.1, -0.05) is 22.6 Å². The Kier molecular flexibility index (Phi) is 5.11. The average Bonchev–Trinajstić information content (AvgIpc) is 3.18. The number of hydrogen-bond donors (Lipinski definition) is 1. The molecule has 1 aromatic carbocycles. The van der Waals surface area contributed by atoms with Gasteiger partial charge in [0.2, 0.25) is 0 Å². The quantitative estimate of drug-likeness (QED) is 0.434. The van der Waals surface area contributed by atoms with Crippen LogP contribution in [0.2, 0.25) is 0 Å². The fourth-order valence-corrected chi connectivity index (χ4v) is 5.05. The molecule has 2 atom stereocenters. The molecule has 3 heterocycles. The zero-order valence-corrected chi connectivity index (χ0v) is 16.7. The highest BCUT2D eigenvalue weighted by Gasteiger charge is 2.28. The number of hydrogen-bond acceptors (Lipinski definition) is 3. The molecule has 0 saturated carbocycles. The number of halogens is 2. The molecule has 0 bridgehead atoms. The third-order valence-corrected chi connectivity index (χ3v) is 6.56. The number of alkyl halides is 1. The first-order chi connectivity index (χ1) is 12.1. The third kappa shape index (κ3) is 3.48. The maximum atomic E-state index is 13.3. The first kappa shape index (κ1) is 17.4. The van der Waals surface area contributed by atoms with Gasteiger partial charge in [-0.3, -0.25) is 4.68 Å². The van der Waals surface area contributed by atoms with E-state index in [1.807, 2.05) is 12.1 Å². The number of nitrogens with one attached hydrogen (secondary N) is 1. The van der Waals surface area contributed by atoms with E-state index < -0.39 is 0 Å². The van der Waals surface area contributed by atoms with Crippen LogP contribution in [0.25, 0.3) is 11.3 Å². The topological polar surface area (TPSA) is 33.1 Å². The van der Waals surface area contributed by atoms with Crippen molar-refractivity contribution < 1.29 is 4.39 Å². The van der Waals surface area contributed by atoms with Crippen LogP contribution in [0.5, 0.6) is 0 Å². The fourth-order valence-electron chi connectivity index (χ4n) is 4.08. The van der Waals surface area contributed by atoms with E-state index in [-0.39, 0.29) is 9.87 Å². The molecule has 1 fully saturated rings. The van der Waals surface area contributed by atoms with E-state index in [1.54, 1.807) is 0 Å². The normalized spacial score (nSPS) is 23.8. The highest BCUT2D eigenvalue weighted by atomic mass is 127. The van der Waals surface area contributed by atoms with Crippen LogP contribution in [-0.4, -0.2) is 40.9 Å². The van der Waals surface area contributed by atoms with E-state index >= 15 is 0 Å². The second-order valence-electron chi connectivity index (χ2n) is 7.07. The van der Waals surface area contributed by atoms with Crippen LogP contribution in [-0.2, 0) is 13.0 Å². The minimum Gasteiger partial charge on any atom is -0.303 e. The summed E-state index contributed by atoms with van der Waals surface area (Å²) in [7, 11) is 2.23. The van der Waals surface area contributed by atoms with Gasteiger partial charge >= 0.3 is 0 Å². The van der Waals surface area contributed by atoms with Gasteiger partial charge in [0.15, 0.2) is 0 Å². The summed E-state index contributed by atoms with van der Waals surface area (Å²) in [4.78, 5) is 2.47. The lowest BCUT2D eigenvalue weighted by Crippen LogP contribution is -2.29. The highest BCUT2D eigenvalue weighted by Crippen LogP contribution is 2.36. The van der Waals surface area contributed by atoms with E-state index in [0.717, 1.165) is 37.2 Å². The molecule has 1 N–H and O–H groups in total. The zero-order chi connectivity index (χ0) is 17.4. The van der Waals surface area contributed by atoms with Crippen LogP contribution in [0.15, 0.2) is 24.3 Å². The van der Waals surface area contributed by atoms with Gasteiger partial charge in [-0.25, -0.2) is 4.39 Å². The molecule has 0 radical (unpaired) electrons. The molecule has 6 heteroatoms. The molecule has 0 spiro atoms. The lowest BCUT2D eigenvalue weighted by Gasteiger charge is -2.22. The van der Waals surface area contributed by atoms with Crippen LogP contribution in [0.3, 0.4) is 0 Å². The summed E-state index contributed by atoms with van der Waals surface area (Å²) < 4.78 is 15.8. The summed E-state index contributed by atoms with van der Waals surface area (Å²) in [6.07, 6.45) is 4.75. The van der Waals surface area contributed by atoms with E-state index in [4.69, 9.17) is 5.10 Å². The SMILES string of the molecule is CN1CCCC1CCn1nc(-c2ccc(F)cc2)c2c1CCNC2I. The molecule has 4 rings (SSSR count). The molecule has 4 nitrogen and oxygen atoms in total. The Morgan fingerprint density at radius 1 is 1.32 bits per heavy atom. The Morgan fingerprint density at radius 2 is 2.12 bits per heavy atom. The van der Waals surface area contributed by atoms with Crippen LogP contribution in [0.4, 0.5) is 4.39 Å². The minimum atomic E-state index is -0.203. The number of aryl methyl sites for hydroxylation is 1. The molecule has 2 unspecified atom stereocenters. The summed E-state index contributed by atoms with van der Waals surface area (Å²) in [5.41, 5.74) is 4.62. The molecular formula is C19H24FIN4. The van der Waals surface area contributed by atoms with Gasteiger partial charge < -0.3 is 10.2 Å². The van der Waals surface area contributed by atoms with Gasteiger partial charge in [0, 0.05) is 42.4 Å². The Hall–Kier alpha value is -0.990. The Bertz CT molecular complexity index is 743. The molecule has 2 aromatic rings. The lowest BCUT2D eigenvalue weighted by atomic mass is 10.0. The predicted molar refractivity (Wildman–Crippen MR) is 106 cm³/mol. The third-order valence-electron chi connectivity index (χ3n) is 5.50. The number of fused-ring (bicyclic) bond motifs is 1. The zero-order valence-electron chi connectivity index (χ0n) is 14.5. The van der Waals surface area contributed by atoms with Gasteiger partial charge in [0.25, 0.3) is 0 Å². The van der Waals surface area contributed by atoms with E-state index in [0.29, 0.717) is 6.04 Å². The van der Waals surface area contributed by atoms with Crippen molar-refractivity contribution in [3.05, 3.63) is 41.3 Å². The first-order valence-corrected chi connectivity index (χ1v) is 10.3. The average molecular weight is 454 g/mol. The van der Waals surface area contributed by atoms with Crippen molar-refractivity contribution in [1.29, 1.82) is 0 Å². The van der Waals surface area contributed by atoms with E-state index in [2.05, 4.69) is 44.5 Å². The maximum absolute atomic E-state index is 13.3. The summed E-state index contributed by atoms with van der Waals surface area (Å²) in [6, 6.07) is 7.39. The van der Waals surface area contributed by atoms with Gasteiger partial charge in [-0.05, 0) is 57.1 Å². The molecule has 2 aliphatic rings. The minimum absolute atomic E-state index is 0.203. The number of benzene rings is 1. The van der Waals surface area contributed by atoms with Crippen molar-refractivity contribution in [3.63, 3.8) is 0 Å². The Balaban J connectivity index is 1.65. The van der Waals surface area contributed by atoms with Crippen molar-refractivity contribution in [2.45, 2.75) is 42.3 Å². The smallest absolute Gasteiger partial charge is 0.123 e. The molecule has 0 amide bonds. The molecule has 1 saturated heterocycles. The van der Waals surface area contributed by atoms with Gasteiger partial charge in [-0.15, -0.1) is 0 Å². The van der Waals surface area contributed by atoms with Crippen molar-refractivity contribution in [2.24, 2.45) is 0 Å². The second-order valence-corrected chi connectivity index (χ2v) is 8.32. The maximum Gasteiger partial charge on any atom is 0.123 e. The first-order valence-electron chi connectivity index (χ1n) is 9.06. The lowest BCUT2D eigenvalue weighted by molar-refractivity contribution is 0.281. The Labute approximate surface area is 161 Å². The van der Waals surface area contributed by atoms with Crippen LogP contribution < -0.4 is 5.32 Å². The standard InChI is InChI=1S/C19H24FIN4/c1-24-11-2-3-15(24)9-12-25-16-8-10-22-19(21)17(16)18(23-25)13-4-6-14(20)7-5-13/h4-7,15,19,22H,2-3,8-12H2,1H3. The van der Waals surface area contributed by atoms with Crippen molar-refractivity contribution in [3.8, 4) is 11.3 Å². The van der Waals surface area contributed by atoms with E-state index in [9.17, 15) is 4.39 Å². The van der Waals surface area contributed by atoms with E-state index in [1.165, 1.54) is 42.8 Å². The predicted octanol–water partition coefficient (Wildman–Crippen LogP) is 3.75. The van der Waals surface area contributed by atoms with Crippen molar-refractivity contribution in [2.75, 3.05) is 20.1 Å². The fraction of sp³-hybridized carbons (Fsp3) is 0.526. The molecular weight excluding hydrogens is 430 g/mol. The summed E-state index contributed by atoms with van der Waals surface area (Å²) >= 11 is 2.44. The number of likely N-dealkylation sites (tertiary alicyclic amines) is 1. The molecule has 2 aliphatic heterocycles. The number of nitrogens with zero attached hydrogens (tertiary/aromatic N) is 3. The van der Waals surface area contributed by atoms with Crippen LogP contribution >= 0.6 is 22.6 Å². The number of aromatic nitrogens is 2. The molecule has 1 aromatic heterocycles. The summed E-state index contributed by atoms with van der Waals surface area (Å²) in [6.45, 7) is 3.16. The monoisotopic (exact) mass is 454 g/mol.